The highest BCUT2D eigenvalue weighted by Crippen LogP contribution is 2.40. The maximum atomic E-state index is 6.70. The number of nitrogens with two attached hydrogens (primary N) is 1. The number of aryl methyl sites for hydroxylation is 4. The summed E-state index contributed by atoms with van der Waals surface area (Å²) in [5, 5.41) is 0. The van der Waals surface area contributed by atoms with Gasteiger partial charge in [0.2, 0.25) is 0 Å². The van der Waals surface area contributed by atoms with Crippen LogP contribution in [-0.2, 0) is 6.42 Å². The highest BCUT2D eigenvalue weighted by Gasteiger charge is 2.27. The van der Waals surface area contributed by atoms with Gasteiger partial charge in [-0.05, 0) is 73.4 Å². The topological polar surface area (TPSA) is 26.0 Å². The van der Waals surface area contributed by atoms with Gasteiger partial charge in [0.15, 0.2) is 0 Å². The minimum absolute atomic E-state index is 0.103. The molecule has 0 radical (unpaired) electrons. The summed E-state index contributed by atoms with van der Waals surface area (Å²) in [5.74, 6) is 0.454. The van der Waals surface area contributed by atoms with E-state index in [0.717, 1.165) is 0 Å². The van der Waals surface area contributed by atoms with Crippen molar-refractivity contribution in [3.63, 3.8) is 0 Å². The first kappa shape index (κ1) is 14.3. The molecule has 21 heavy (non-hydrogen) atoms. The van der Waals surface area contributed by atoms with Crippen LogP contribution < -0.4 is 5.73 Å². The molecule has 3 rings (SSSR count). The van der Waals surface area contributed by atoms with Crippen molar-refractivity contribution >= 4 is 0 Å². The number of hydrogen-bond acceptors (Lipinski definition) is 1. The molecule has 2 N–H and O–H groups in total. The molecule has 2 atom stereocenters. The molecule has 110 valence electrons. The number of fused-ring (bicyclic) bond motifs is 1. The Labute approximate surface area is 128 Å². The molecule has 2 unspecified atom stereocenters. The highest BCUT2D eigenvalue weighted by molar-refractivity contribution is 5.42. The first-order valence-electron chi connectivity index (χ1n) is 7.99. The zero-order valence-corrected chi connectivity index (χ0v) is 13.3. The number of hydrogen-bond donors (Lipinski definition) is 1. The SMILES string of the molecule is Cc1cc(C)c(C(N)C2CCCc3ccccc32)cc1C. The summed E-state index contributed by atoms with van der Waals surface area (Å²) in [6.45, 7) is 6.55. The molecule has 0 fully saturated rings. The zero-order valence-electron chi connectivity index (χ0n) is 13.3. The van der Waals surface area contributed by atoms with Gasteiger partial charge in [-0.25, -0.2) is 0 Å². The zero-order chi connectivity index (χ0) is 15.0. The normalized spacial score (nSPS) is 19.1. The van der Waals surface area contributed by atoms with Gasteiger partial charge >= 0.3 is 0 Å². The average molecular weight is 279 g/mol. The smallest absolute Gasteiger partial charge is 0.0367 e. The minimum Gasteiger partial charge on any atom is -0.323 e. The van der Waals surface area contributed by atoms with Crippen molar-refractivity contribution < 1.29 is 0 Å². The van der Waals surface area contributed by atoms with Crippen LogP contribution in [0.4, 0.5) is 0 Å². The van der Waals surface area contributed by atoms with Gasteiger partial charge in [0.25, 0.3) is 0 Å². The van der Waals surface area contributed by atoms with E-state index in [9.17, 15) is 0 Å². The molecule has 0 heterocycles. The summed E-state index contributed by atoms with van der Waals surface area (Å²) in [6, 6.07) is 13.5. The van der Waals surface area contributed by atoms with Gasteiger partial charge in [-0.15, -0.1) is 0 Å². The third-order valence-corrected chi connectivity index (χ3v) is 5.09. The van der Waals surface area contributed by atoms with Crippen molar-refractivity contribution in [3.05, 3.63) is 69.8 Å². The monoisotopic (exact) mass is 279 g/mol. The molecule has 0 bridgehead atoms. The van der Waals surface area contributed by atoms with Gasteiger partial charge in [0.05, 0.1) is 0 Å². The van der Waals surface area contributed by atoms with E-state index in [1.54, 1.807) is 0 Å². The lowest BCUT2D eigenvalue weighted by Crippen LogP contribution is -2.24. The van der Waals surface area contributed by atoms with Crippen LogP contribution in [0.25, 0.3) is 0 Å². The van der Waals surface area contributed by atoms with Crippen molar-refractivity contribution in [2.75, 3.05) is 0 Å². The molecule has 0 saturated heterocycles. The van der Waals surface area contributed by atoms with Crippen molar-refractivity contribution in [1.29, 1.82) is 0 Å². The predicted molar refractivity (Wildman–Crippen MR) is 89.7 cm³/mol. The standard InChI is InChI=1S/C20H25N/c1-13-11-15(3)19(12-14(13)2)20(21)18-10-6-8-16-7-4-5-9-17(16)18/h4-5,7,9,11-12,18,20H,6,8,10,21H2,1-3H3. The van der Waals surface area contributed by atoms with E-state index in [1.807, 2.05) is 0 Å². The van der Waals surface area contributed by atoms with Gasteiger partial charge in [-0.3, -0.25) is 0 Å². The van der Waals surface area contributed by atoms with Crippen molar-refractivity contribution in [2.24, 2.45) is 5.73 Å². The van der Waals surface area contributed by atoms with Crippen molar-refractivity contribution in [3.8, 4) is 0 Å². The van der Waals surface area contributed by atoms with Crippen LogP contribution in [0.1, 0.15) is 58.2 Å². The summed E-state index contributed by atoms with van der Waals surface area (Å²) in [4.78, 5) is 0. The van der Waals surface area contributed by atoms with Gasteiger partial charge in [-0.1, -0.05) is 36.4 Å². The molecule has 1 heteroatoms. The summed E-state index contributed by atoms with van der Waals surface area (Å²) >= 11 is 0. The van der Waals surface area contributed by atoms with Gasteiger partial charge < -0.3 is 5.73 Å². The number of rotatable bonds is 2. The largest absolute Gasteiger partial charge is 0.323 e. The lowest BCUT2D eigenvalue weighted by Gasteiger charge is -2.31. The Balaban J connectivity index is 2.00. The second-order valence-electron chi connectivity index (χ2n) is 6.52. The second kappa shape index (κ2) is 5.65. The Morgan fingerprint density at radius 1 is 1.00 bits per heavy atom. The molecular formula is C20H25N. The summed E-state index contributed by atoms with van der Waals surface area (Å²) in [5.41, 5.74) is 15.0. The van der Waals surface area contributed by atoms with Crippen molar-refractivity contribution in [2.45, 2.75) is 52.0 Å². The molecule has 0 aliphatic heterocycles. The van der Waals surface area contributed by atoms with Gasteiger partial charge in [-0.2, -0.15) is 0 Å². The average Bonchev–Trinajstić information content (AvgIpc) is 2.49. The van der Waals surface area contributed by atoms with E-state index >= 15 is 0 Å². The van der Waals surface area contributed by atoms with E-state index in [1.165, 1.54) is 52.6 Å². The van der Waals surface area contributed by atoms with Crippen LogP contribution >= 0.6 is 0 Å². The Kier molecular flexibility index (Phi) is 3.86. The van der Waals surface area contributed by atoms with E-state index in [2.05, 4.69) is 57.2 Å². The Bertz CT molecular complexity index is 657. The summed E-state index contributed by atoms with van der Waals surface area (Å²) in [7, 11) is 0. The fraction of sp³-hybridized carbons (Fsp3) is 0.400. The molecule has 1 aliphatic rings. The van der Waals surface area contributed by atoms with E-state index in [0.29, 0.717) is 5.92 Å². The van der Waals surface area contributed by atoms with Gasteiger partial charge in [0.1, 0.15) is 0 Å². The molecule has 0 amide bonds. The minimum atomic E-state index is 0.103. The Hall–Kier alpha value is -1.60. The van der Waals surface area contributed by atoms with E-state index in [4.69, 9.17) is 5.73 Å². The van der Waals surface area contributed by atoms with Crippen LogP contribution in [0.3, 0.4) is 0 Å². The van der Waals surface area contributed by atoms with Crippen LogP contribution in [-0.4, -0.2) is 0 Å². The maximum Gasteiger partial charge on any atom is 0.0367 e. The summed E-state index contributed by atoms with van der Waals surface area (Å²) < 4.78 is 0. The predicted octanol–water partition coefficient (Wildman–Crippen LogP) is 4.73. The fourth-order valence-electron chi connectivity index (χ4n) is 3.72. The molecule has 0 saturated carbocycles. The fourth-order valence-corrected chi connectivity index (χ4v) is 3.72. The Morgan fingerprint density at radius 3 is 2.52 bits per heavy atom. The molecule has 0 spiro atoms. The van der Waals surface area contributed by atoms with E-state index < -0.39 is 0 Å². The van der Waals surface area contributed by atoms with Crippen molar-refractivity contribution in [1.82, 2.24) is 0 Å². The molecule has 1 nitrogen and oxygen atoms in total. The molecule has 1 aliphatic carbocycles. The highest BCUT2D eigenvalue weighted by atomic mass is 14.7. The van der Waals surface area contributed by atoms with Gasteiger partial charge in [0, 0.05) is 12.0 Å². The quantitative estimate of drug-likeness (QED) is 0.845. The van der Waals surface area contributed by atoms with Crippen LogP contribution in [0.15, 0.2) is 36.4 Å². The molecule has 2 aromatic carbocycles. The number of benzene rings is 2. The third kappa shape index (κ3) is 2.63. The van der Waals surface area contributed by atoms with Crippen LogP contribution in [0, 0.1) is 20.8 Å². The molecular weight excluding hydrogens is 254 g/mol. The lowest BCUT2D eigenvalue weighted by molar-refractivity contribution is 0.473. The van der Waals surface area contributed by atoms with E-state index in [-0.39, 0.29) is 6.04 Å². The lowest BCUT2D eigenvalue weighted by atomic mass is 9.76. The van der Waals surface area contributed by atoms with Crippen LogP contribution in [0.5, 0.6) is 0 Å². The first-order valence-corrected chi connectivity index (χ1v) is 7.99. The second-order valence-corrected chi connectivity index (χ2v) is 6.52. The molecule has 0 aromatic heterocycles. The summed E-state index contributed by atoms with van der Waals surface area (Å²) in [6.07, 6.45) is 3.65. The van der Waals surface area contributed by atoms with Crippen LogP contribution in [0.2, 0.25) is 0 Å². The molecule has 2 aromatic rings. The first-order chi connectivity index (χ1) is 10.1. The Morgan fingerprint density at radius 2 is 1.71 bits per heavy atom. The maximum absolute atomic E-state index is 6.70. The third-order valence-electron chi connectivity index (χ3n) is 5.09.